The molecule has 1 aliphatic rings. The van der Waals surface area contributed by atoms with Crippen molar-refractivity contribution in [2.45, 2.75) is 6.42 Å². The highest BCUT2D eigenvalue weighted by Crippen LogP contribution is 2.17. The van der Waals surface area contributed by atoms with Crippen LogP contribution in [0.2, 0.25) is 0 Å². The summed E-state index contributed by atoms with van der Waals surface area (Å²) >= 11 is 0. The number of rotatable bonds is 6. The topological polar surface area (TPSA) is 116 Å². The van der Waals surface area contributed by atoms with Gasteiger partial charge in [-0.2, -0.15) is 0 Å². The van der Waals surface area contributed by atoms with E-state index in [1.807, 2.05) is 30.5 Å². The summed E-state index contributed by atoms with van der Waals surface area (Å²) in [4.78, 5) is 49.2. The van der Waals surface area contributed by atoms with Gasteiger partial charge in [-0.1, -0.05) is 42.0 Å². The Morgan fingerprint density at radius 2 is 1.88 bits per heavy atom. The predicted octanol–water partition coefficient (Wildman–Crippen LogP) is 1.90. The van der Waals surface area contributed by atoms with E-state index in [1.54, 1.807) is 37.4 Å². The van der Waals surface area contributed by atoms with E-state index in [9.17, 15) is 14.4 Å². The van der Waals surface area contributed by atoms with Crippen molar-refractivity contribution < 1.29 is 19.2 Å². The van der Waals surface area contributed by atoms with Crippen LogP contribution >= 0.6 is 0 Å². The van der Waals surface area contributed by atoms with Crippen LogP contribution in [0, 0.1) is 0 Å². The summed E-state index contributed by atoms with van der Waals surface area (Å²) in [6.07, 6.45) is 3.71. The fourth-order valence-electron chi connectivity index (χ4n) is 3.28. The third kappa shape index (κ3) is 4.57. The van der Waals surface area contributed by atoms with E-state index in [0.717, 1.165) is 16.5 Å². The van der Waals surface area contributed by atoms with E-state index in [4.69, 9.17) is 4.84 Å². The van der Waals surface area contributed by atoms with Gasteiger partial charge in [0, 0.05) is 42.3 Å². The van der Waals surface area contributed by atoms with E-state index >= 15 is 0 Å². The van der Waals surface area contributed by atoms with Crippen LogP contribution in [0.25, 0.3) is 10.9 Å². The lowest BCUT2D eigenvalue weighted by atomic mass is 10.1. The van der Waals surface area contributed by atoms with E-state index in [2.05, 4.69) is 20.9 Å². The molecule has 32 heavy (non-hydrogen) atoms. The zero-order valence-electron chi connectivity index (χ0n) is 17.3. The Bertz CT molecular complexity index is 1230. The molecule has 2 amide bonds. The monoisotopic (exact) mass is 431 g/mol. The Labute approximate surface area is 183 Å². The molecule has 0 spiro atoms. The largest absolute Gasteiger partial charge is 0.376 e. The number of amides is 2. The number of hydrogen-bond acceptors (Lipinski definition) is 6. The molecule has 3 aromatic rings. The minimum Gasteiger partial charge on any atom is -0.361 e. The van der Waals surface area contributed by atoms with Crippen molar-refractivity contribution >= 4 is 34.4 Å². The van der Waals surface area contributed by atoms with Gasteiger partial charge in [-0.25, -0.2) is 9.79 Å². The number of fused-ring (bicyclic) bond motifs is 1. The number of carbonyl (C=O) groups excluding carboxylic acids is 3. The number of nitrogens with one attached hydrogen (secondary N) is 3. The number of nitrogens with zero attached hydrogens (tertiary/aromatic N) is 2. The van der Waals surface area contributed by atoms with Crippen LogP contribution in [-0.2, 0) is 20.8 Å². The molecule has 4 rings (SSSR count). The minimum absolute atomic E-state index is 0.0522. The molecule has 1 aromatic heterocycles. The highest BCUT2D eigenvalue weighted by atomic mass is 16.7. The number of H-pyrrole nitrogens is 1. The third-order valence-corrected chi connectivity index (χ3v) is 4.95. The smallest absolute Gasteiger partial charge is 0.361 e. The first-order valence-corrected chi connectivity index (χ1v) is 9.96. The van der Waals surface area contributed by atoms with Crippen molar-refractivity contribution in [2.75, 3.05) is 13.6 Å². The fraction of sp³-hybridized carbons (Fsp3) is 0.130. The molecule has 0 unspecified atom stereocenters. The average molecular weight is 431 g/mol. The summed E-state index contributed by atoms with van der Waals surface area (Å²) < 4.78 is 0. The summed E-state index contributed by atoms with van der Waals surface area (Å²) in [5.41, 5.74) is 4.63. The maximum Gasteiger partial charge on any atom is 0.376 e. The Morgan fingerprint density at radius 3 is 2.62 bits per heavy atom. The molecule has 9 nitrogen and oxygen atoms in total. The second kappa shape index (κ2) is 9.27. The van der Waals surface area contributed by atoms with Gasteiger partial charge in [0.2, 0.25) is 0 Å². The Hall–Kier alpha value is -4.24. The first-order chi connectivity index (χ1) is 15.5. The number of aliphatic imine (C=N–C) groups is 1. The second-order valence-corrected chi connectivity index (χ2v) is 7.10. The van der Waals surface area contributed by atoms with Crippen LogP contribution in [0.3, 0.4) is 0 Å². The van der Waals surface area contributed by atoms with Crippen LogP contribution in [0.1, 0.15) is 15.9 Å². The van der Waals surface area contributed by atoms with Crippen LogP contribution in [0.4, 0.5) is 0 Å². The summed E-state index contributed by atoms with van der Waals surface area (Å²) in [5, 5.41) is 5.15. The van der Waals surface area contributed by atoms with E-state index in [-0.39, 0.29) is 11.4 Å². The molecule has 1 fully saturated rings. The van der Waals surface area contributed by atoms with Crippen molar-refractivity contribution in [1.29, 1.82) is 0 Å². The lowest BCUT2D eigenvalue weighted by Gasteiger charge is -2.09. The number of likely N-dealkylation sites (N-methyl/N-ethyl adjacent to an activating group) is 1. The lowest BCUT2D eigenvalue weighted by Crippen LogP contribution is -2.33. The number of hydrogen-bond donors (Lipinski definition) is 3. The first kappa shape index (κ1) is 21.0. The SMILES string of the molecule is CN1NOC(=O)/C1=C\C(=NC(=O)c1ccccc1)C(=O)NCCc1c[nH]c2ccccc12. The normalized spacial score (nSPS) is 15.3. The van der Waals surface area contributed by atoms with Crippen molar-refractivity contribution in [3.63, 3.8) is 0 Å². The number of carbonyl (C=O) groups is 3. The predicted molar refractivity (Wildman–Crippen MR) is 118 cm³/mol. The molecule has 0 aliphatic carbocycles. The molecule has 0 radical (unpaired) electrons. The summed E-state index contributed by atoms with van der Waals surface area (Å²) in [5.74, 6) is -1.85. The Kier molecular flexibility index (Phi) is 6.09. The molecule has 2 heterocycles. The van der Waals surface area contributed by atoms with Gasteiger partial charge in [-0.15, -0.1) is 0 Å². The van der Waals surface area contributed by atoms with Gasteiger partial charge in [0.1, 0.15) is 11.4 Å². The maximum absolute atomic E-state index is 12.9. The van der Waals surface area contributed by atoms with Crippen LogP contribution < -0.4 is 10.9 Å². The first-order valence-electron chi connectivity index (χ1n) is 9.96. The lowest BCUT2D eigenvalue weighted by molar-refractivity contribution is -0.142. The molecular formula is C23H21N5O4. The zero-order valence-corrected chi connectivity index (χ0v) is 17.3. The van der Waals surface area contributed by atoms with Gasteiger partial charge >= 0.3 is 5.97 Å². The highest BCUT2D eigenvalue weighted by Gasteiger charge is 2.26. The van der Waals surface area contributed by atoms with Crippen LogP contribution in [-0.4, -0.2) is 47.1 Å². The highest BCUT2D eigenvalue weighted by molar-refractivity contribution is 6.45. The summed E-state index contributed by atoms with van der Waals surface area (Å²) in [6.45, 7) is 0.320. The van der Waals surface area contributed by atoms with Gasteiger partial charge in [-0.3, -0.25) is 14.6 Å². The van der Waals surface area contributed by atoms with Gasteiger partial charge < -0.3 is 15.1 Å². The third-order valence-electron chi connectivity index (χ3n) is 4.95. The number of benzene rings is 2. The van der Waals surface area contributed by atoms with Gasteiger partial charge in [0.05, 0.1) is 0 Å². The van der Waals surface area contributed by atoms with Crippen LogP contribution in [0.5, 0.6) is 0 Å². The molecule has 0 bridgehead atoms. The number of aromatic nitrogens is 1. The van der Waals surface area contributed by atoms with E-state index < -0.39 is 17.8 Å². The van der Waals surface area contributed by atoms with Crippen molar-refractivity contribution in [2.24, 2.45) is 4.99 Å². The maximum atomic E-state index is 12.9. The summed E-state index contributed by atoms with van der Waals surface area (Å²) in [7, 11) is 1.54. The number of para-hydroxylation sites is 1. The standard InChI is InChI=1S/C23H21N5O4/c1-28-20(23(31)32-27-28)13-19(26-21(29)15-7-3-2-4-8-15)22(30)24-12-11-16-14-25-18-10-6-5-9-17(16)18/h2-10,13-14,25,27H,11-12H2,1H3,(H,24,30)/b20-13+,26-19?. The Balaban J connectivity index is 1.53. The van der Waals surface area contributed by atoms with Crippen molar-refractivity contribution in [1.82, 2.24) is 20.9 Å². The molecule has 162 valence electrons. The molecule has 1 aliphatic heterocycles. The number of hydrazine groups is 1. The van der Waals surface area contributed by atoms with Crippen molar-refractivity contribution in [3.05, 3.63) is 83.7 Å². The second-order valence-electron chi connectivity index (χ2n) is 7.10. The van der Waals surface area contributed by atoms with E-state index in [1.165, 1.54) is 11.1 Å². The quantitative estimate of drug-likeness (QED) is 0.406. The average Bonchev–Trinajstić information content (AvgIpc) is 3.37. The minimum atomic E-state index is -0.682. The zero-order chi connectivity index (χ0) is 22.5. The van der Waals surface area contributed by atoms with Gasteiger partial charge in [0.15, 0.2) is 0 Å². The van der Waals surface area contributed by atoms with Gasteiger partial charge in [0.25, 0.3) is 11.8 Å². The Morgan fingerprint density at radius 1 is 1.12 bits per heavy atom. The fourth-order valence-corrected chi connectivity index (χ4v) is 3.28. The van der Waals surface area contributed by atoms with Crippen LogP contribution in [0.15, 0.2) is 77.6 Å². The van der Waals surface area contributed by atoms with Gasteiger partial charge in [-0.05, 0) is 30.2 Å². The molecule has 3 N–H and O–H groups in total. The molecule has 9 heteroatoms. The van der Waals surface area contributed by atoms with Crippen molar-refractivity contribution in [3.8, 4) is 0 Å². The molecular weight excluding hydrogens is 410 g/mol. The summed E-state index contributed by atoms with van der Waals surface area (Å²) in [6, 6.07) is 16.3. The molecule has 2 aromatic carbocycles. The molecule has 0 saturated carbocycles. The van der Waals surface area contributed by atoms with E-state index in [0.29, 0.717) is 18.5 Å². The molecule has 0 atom stereocenters. The molecule has 1 saturated heterocycles. The number of aromatic amines is 1.